The van der Waals surface area contributed by atoms with Gasteiger partial charge in [-0.2, -0.15) is 5.26 Å². The van der Waals surface area contributed by atoms with Crippen molar-refractivity contribution in [2.45, 2.75) is 0 Å². The summed E-state index contributed by atoms with van der Waals surface area (Å²) in [5, 5.41) is 11.2. The molecule has 0 unspecified atom stereocenters. The van der Waals surface area contributed by atoms with E-state index in [1.165, 1.54) is 0 Å². The molecule has 5 heteroatoms. The van der Waals surface area contributed by atoms with Crippen LogP contribution in [0.4, 0.5) is 0 Å². The third kappa shape index (κ3) is 4.34. The first-order chi connectivity index (χ1) is 7.22. The van der Waals surface area contributed by atoms with Crippen LogP contribution < -0.4 is 10.1 Å². The van der Waals surface area contributed by atoms with E-state index < -0.39 is 0 Å². The van der Waals surface area contributed by atoms with Gasteiger partial charge in [0, 0.05) is 5.02 Å². The molecule has 1 aromatic rings. The normalized spacial score (nSPS) is 9.07. The van der Waals surface area contributed by atoms with Gasteiger partial charge in [-0.25, -0.2) is 0 Å². The van der Waals surface area contributed by atoms with E-state index in [0.29, 0.717) is 10.8 Å². The summed E-state index contributed by atoms with van der Waals surface area (Å²) in [4.78, 5) is 11.0. The second-order valence-corrected chi connectivity index (χ2v) is 3.11. The van der Waals surface area contributed by atoms with Gasteiger partial charge in [0.05, 0.1) is 6.07 Å². The van der Waals surface area contributed by atoms with E-state index in [9.17, 15) is 4.79 Å². The molecule has 0 saturated heterocycles. The number of halogens is 1. The number of benzene rings is 1. The fourth-order valence-electron chi connectivity index (χ4n) is 0.869. The highest BCUT2D eigenvalue weighted by Crippen LogP contribution is 2.15. The fraction of sp³-hybridized carbons (Fsp3) is 0.200. The Morgan fingerprint density at radius 1 is 1.47 bits per heavy atom. The molecule has 0 aliphatic carbocycles. The molecule has 1 amide bonds. The van der Waals surface area contributed by atoms with Crippen molar-refractivity contribution < 1.29 is 9.53 Å². The van der Waals surface area contributed by atoms with E-state index in [0.717, 1.165) is 0 Å². The topological polar surface area (TPSA) is 62.1 Å². The molecule has 0 aromatic heterocycles. The van der Waals surface area contributed by atoms with Crippen molar-refractivity contribution in [1.82, 2.24) is 5.32 Å². The maximum Gasteiger partial charge on any atom is 0.258 e. The lowest BCUT2D eigenvalue weighted by atomic mass is 10.3. The molecule has 0 radical (unpaired) electrons. The standard InChI is InChI=1S/C10H9ClN2O2/c11-8-1-3-9(4-2-8)15-7-10(14)13-6-5-12/h1-4H,6-7H2,(H,13,14). The number of nitriles is 1. The predicted octanol–water partition coefficient (Wildman–Crippen LogP) is 1.36. The van der Waals surface area contributed by atoms with E-state index in [2.05, 4.69) is 5.32 Å². The minimum absolute atomic E-state index is 0.0111. The Bertz CT molecular complexity index is 370. The lowest BCUT2D eigenvalue weighted by Gasteiger charge is -2.05. The fourth-order valence-corrected chi connectivity index (χ4v) is 0.995. The molecule has 0 aliphatic heterocycles. The van der Waals surface area contributed by atoms with E-state index in [1.54, 1.807) is 30.3 Å². The van der Waals surface area contributed by atoms with Crippen LogP contribution in [0, 0.1) is 11.3 Å². The second kappa shape index (κ2) is 5.89. The average molecular weight is 225 g/mol. The zero-order valence-corrected chi connectivity index (χ0v) is 8.62. The van der Waals surface area contributed by atoms with E-state index in [4.69, 9.17) is 21.6 Å². The number of carbonyl (C=O) groups excluding carboxylic acids is 1. The highest BCUT2D eigenvalue weighted by molar-refractivity contribution is 6.30. The summed E-state index contributed by atoms with van der Waals surface area (Å²) in [6, 6.07) is 8.47. The Kier molecular flexibility index (Phi) is 4.45. The number of nitrogens with zero attached hydrogens (tertiary/aromatic N) is 1. The highest BCUT2D eigenvalue weighted by atomic mass is 35.5. The van der Waals surface area contributed by atoms with Crippen LogP contribution in [-0.4, -0.2) is 19.1 Å². The van der Waals surface area contributed by atoms with Gasteiger partial charge >= 0.3 is 0 Å². The van der Waals surface area contributed by atoms with E-state index in [-0.39, 0.29) is 19.1 Å². The van der Waals surface area contributed by atoms with Gasteiger partial charge in [0.25, 0.3) is 5.91 Å². The number of ether oxygens (including phenoxy) is 1. The SMILES string of the molecule is N#CCNC(=O)COc1ccc(Cl)cc1. The number of rotatable bonds is 4. The Labute approximate surface area is 92.4 Å². The molecule has 1 N–H and O–H groups in total. The van der Waals surface area contributed by atoms with E-state index >= 15 is 0 Å². The number of nitrogens with one attached hydrogen (secondary N) is 1. The summed E-state index contributed by atoms with van der Waals surface area (Å²) in [5.41, 5.74) is 0. The molecule has 0 bridgehead atoms. The van der Waals surface area contributed by atoms with Crippen molar-refractivity contribution in [3.05, 3.63) is 29.3 Å². The smallest absolute Gasteiger partial charge is 0.258 e. The maximum atomic E-state index is 11.0. The lowest BCUT2D eigenvalue weighted by Crippen LogP contribution is -2.28. The number of hydrogen-bond acceptors (Lipinski definition) is 3. The highest BCUT2D eigenvalue weighted by Gasteiger charge is 2.01. The van der Waals surface area contributed by atoms with Crippen molar-refractivity contribution in [2.24, 2.45) is 0 Å². The third-order valence-corrected chi connectivity index (χ3v) is 1.80. The Balaban J connectivity index is 2.34. The van der Waals surface area contributed by atoms with Crippen molar-refractivity contribution >= 4 is 17.5 Å². The monoisotopic (exact) mass is 224 g/mol. The Morgan fingerprint density at radius 2 is 2.13 bits per heavy atom. The molecule has 0 atom stereocenters. The zero-order chi connectivity index (χ0) is 11.1. The summed E-state index contributed by atoms with van der Waals surface area (Å²) in [7, 11) is 0. The molecule has 0 aliphatic rings. The van der Waals surface area contributed by atoms with Gasteiger partial charge in [-0.05, 0) is 24.3 Å². The zero-order valence-electron chi connectivity index (χ0n) is 7.87. The number of amides is 1. The third-order valence-electron chi connectivity index (χ3n) is 1.55. The van der Waals surface area contributed by atoms with Crippen LogP contribution in [-0.2, 0) is 4.79 Å². The first-order valence-electron chi connectivity index (χ1n) is 4.24. The molecule has 15 heavy (non-hydrogen) atoms. The Morgan fingerprint density at radius 3 is 2.73 bits per heavy atom. The van der Waals surface area contributed by atoms with Gasteiger partial charge in [0.1, 0.15) is 12.3 Å². The van der Waals surface area contributed by atoms with Crippen molar-refractivity contribution in [3.8, 4) is 11.8 Å². The number of carbonyl (C=O) groups is 1. The first kappa shape index (κ1) is 11.3. The summed E-state index contributed by atoms with van der Waals surface area (Å²) in [6.07, 6.45) is 0. The van der Waals surface area contributed by atoms with Gasteiger partial charge in [0.2, 0.25) is 0 Å². The molecule has 0 fully saturated rings. The van der Waals surface area contributed by atoms with Gasteiger partial charge in [0.15, 0.2) is 6.61 Å². The van der Waals surface area contributed by atoms with Crippen LogP contribution in [0.3, 0.4) is 0 Å². The van der Waals surface area contributed by atoms with Crippen LogP contribution in [0.5, 0.6) is 5.75 Å². The summed E-state index contributed by atoms with van der Waals surface area (Å²) < 4.78 is 5.14. The van der Waals surface area contributed by atoms with Crippen molar-refractivity contribution in [1.29, 1.82) is 5.26 Å². The summed E-state index contributed by atoms with van der Waals surface area (Å²) in [5.74, 6) is 0.234. The van der Waals surface area contributed by atoms with Crippen LogP contribution in [0.1, 0.15) is 0 Å². The second-order valence-electron chi connectivity index (χ2n) is 2.68. The van der Waals surface area contributed by atoms with E-state index in [1.807, 2.05) is 0 Å². The largest absolute Gasteiger partial charge is 0.484 e. The van der Waals surface area contributed by atoms with Gasteiger partial charge in [-0.1, -0.05) is 11.6 Å². The molecule has 78 valence electrons. The van der Waals surface area contributed by atoms with Crippen molar-refractivity contribution in [2.75, 3.05) is 13.2 Å². The quantitative estimate of drug-likeness (QED) is 0.786. The minimum atomic E-state index is -0.327. The molecular formula is C10H9ClN2O2. The Hall–Kier alpha value is -1.73. The van der Waals surface area contributed by atoms with Gasteiger partial charge < -0.3 is 10.1 Å². The number of hydrogen-bond donors (Lipinski definition) is 1. The van der Waals surface area contributed by atoms with Crippen molar-refractivity contribution in [3.63, 3.8) is 0 Å². The molecule has 1 aromatic carbocycles. The molecule has 1 rings (SSSR count). The molecule has 4 nitrogen and oxygen atoms in total. The average Bonchev–Trinajstić information content (AvgIpc) is 2.25. The van der Waals surface area contributed by atoms with Crippen LogP contribution in [0.25, 0.3) is 0 Å². The molecule has 0 spiro atoms. The molecule has 0 heterocycles. The molecule has 0 saturated carbocycles. The molecular weight excluding hydrogens is 216 g/mol. The summed E-state index contributed by atoms with van der Waals surface area (Å²) >= 11 is 5.67. The lowest BCUT2D eigenvalue weighted by molar-refractivity contribution is -0.122. The first-order valence-corrected chi connectivity index (χ1v) is 4.62. The minimum Gasteiger partial charge on any atom is -0.484 e. The maximum absolute atomic E-state index is 11.0. The predicted molar refractivity (Wildman–Crippen MR) is 55.6 cm³/mol. The van der Waals surface area contributed by atoms with Crippen LogP contribution in [0.2, 0.25) is 5.02 Å². The van der Waals surface area contributed by atoms with Crippen LogP contribution >= 0.6 is 11.6 Å². The van der Waals surface area contributed by atoms with Gasteiger partial charge in [-0.3, -0.25) is 4.79 Å². The van der Waals surface area contributed by atoms with Gasteiger partial charge in [-0.15, -0.1) is 0 Å². The summed E-state index contributed by atoms with van der Waals surface area (Å²) in [6.45, 7) is -0.119. The van der Waals surface area contributed by atoms with Crippen LogP contribution in [0.15, 0.2) is 24.3 Å².